The molecular formula is C14H15FN2O2. The van der Waals surface area contributed by atoms with Crippen molar-refractivity contribution < 1.29 is 13.9 Å². The van der Waals surface area contributed by atoms with E-state index in [1.165, 1.54) is 12.1 Å². The molecule has 0 spiro atoms. The van der Waals surface area contributed by atoms with Gasteiger partial charge in [-0.25, -0.2) is 4.39 Å². The molecule has 0 amide bonds. The molecule has 0 saturated carbocycles. The molecule has 0 radical (unpaired) electrons. The molecule has 0 aliphatic rings. The monoisotopic (exact) mass is 262 g/mol. The SMILES string of the molecule is COc1nc(Cc2ccc(F)cc2)nc(OC)c1C. The number of ether oxygens (including phenoxy) is 2. The van der Waals surface area contributed by atoms with E-state index in [-0.39, 0.29) is 5.82 Å². The summed E-state index contributed by atoms with van der Waals surface area (Å²) < 4.78 is 23.2. The van der Waals surface area contributed by atoms with Gasteiger partial charge in [-0.3, -0.25) is 0 Å². The third kappa shape index (κ3) is 2.99. The molecule has 4 nitrogen and oxygen atoms in total. The molecule has 0 aliphatic heterocycles. The Labute approximate surface area is 111 Å². The van der Waals surface area contributed by atoms with Gasteiger partial charge in [-0.15, -0.1) is 0 Å². The summed E-state index contributed by atoms with van der Waals surface area (Å²) in [5.74, 6) is 1.29. The van der Waals surface area contributed by atoms with Crippen molar-refractivity contribution in [2.24, 2.45) is 0 Å². The van der Waals surface area contributed by atoms with Crippen molar-refractivity contribution in [2.45, 2.75) is 13.3 Å². The summed E-state index contributed by atoms with van der Waals surface area (Å²) in [7, 11) is 3.10. The fourth-order valence-electron chi connectivity index (χ4n) is 1.78. The Kier molecular flexibility index (Phi) is 3.94. The van der Waals surface area contributed by atoms with E-state index in [0.29, 0.717) is 24.0 Å². The molecule has 0 saturated heterocycles. The lowest BCUT2D eigenvalue weighted by molar-refractivity contribution is 0.363. The zero-order valence-corrected chi connectivity index (χ0v) is 11.1. The zero-order chi connectivity index (χ0) is 13.8. The molecule has 0 N–H and O–H groups in total. The second-order valence-corrected chi connectivity index (χ2v) is 4.09. The molecule has 1 heterocycles. The van der Waals surface area contributed by atoms with Gasteiger partial charge in [0.2, 0.25) is 11.8 Å². The van der Waals surface area contributed by atoms with Gasteiger partial charge >= 0.3 is 0 Å². The largest absolute Gasteiger partial charge is 0.481 e. The molecule has 0 bridgehead atoms. The average molecular weight is 262 g/mol. The normalized spacial score (nSPS) is 10.3. The summed E-state index contributed by atoms with van der Waals surface area (Å²) >= 11 is 0. The lowest BCUT2D eigenvalue weighted by Crippen LogP contribution is -2.04. The van der Waals surface area contributed by atoms with Crippen molar-refractivity contribution in [3.05, 3.63) is 47.0 Å². The van der Waals surface area contributed by atoms with Crippen LogP contribution in [-0.4, -0.2) is 24.2 Å². The predicted molar refractivity (Wildman–Crippen MR) is 69.1 cm³/mol. The number of methoxy groups -OCH3 is 2. The van der Waals surface area contributed by atoms with Crippen molar-refractivity contribution in [1.29, 1.82) is 0 Å². The second-order valence-electron chi connectivity index (χ2n) is 4.09. The van der Waals surface area contributed by atoms with E-state index < -0.39 is 0 Å². The Morgan fingerprint density at radius 2 is 1.53 bits per heavy atom. The van der Waals surface area contributed by atoms with Crippen LogP contribution in [0.2, 0.25) is 0 Å². The Morgan fingerprint density at radius 1 is 1.00 bits per heavy atom. The highest BCUT2D eigenvalue weighted by molar-refractivity contribution is 5.35. The summed E-state index contributed by atoms with van der Waals surface area (Å²) in [4.78, 5) is 8.62. The first-order valence-electron chi connectivity index (χ1n) is 5.84. The molecule has 2 aromatic rings. The molecule has 0 fully saturated rings. The van der Waals surface area contributed by atoms with Crippen molar-refractivity contribution in [3.8, 4) is 11.8 Å². The summed E-state index contributed by atoms with van der Waals surface area (Å²) in [6, 6.07) is 6.24. The maximum absolute atomic E-state index is 12.8. The van der Waals surface area contributed by atoms with E-state index in [1.807, 2.05) is 6.92 Å². The van der Waals surface area contributed by atoms with Gasteiger partial charge in [0, 0.05) is 6.42 Å². The Hall–Kier alpha value is -2.17. The number of hydrogen-bond donors (Lipinski definition) is 0. The Morgan fingerprint density at radius 3 is 2.00 bits per heavy atom. The lowest BCUT2D eigenvalue weighted by Gasteiger charge is -2.10. The number of rotatable bonds is 4. The van der Waals surface area contributed by atoms with Crippen LogP contribution in [0.1, 0.15) is 17.0 Å². The molecule has 1 aromatic heterocycles. The van der Waals surface area contributed by atoms with Crippen LogP contribution in [0.25, 0.3) is 0 Å². The summed E-state index contributed by atoms with van der Waals surface area (Å²) in [5, 5.41) is 0. The standard InChI is InChI=1S/C14H15FN2O2/c1-9-13(18-2)16-12(17-14(9)19-3)8-10-4-6-11(15)7-5-10/h4-7H,8H2,1-3H3. The van der Waals surface area contributed by atoms with Crippen molar-refractivity contribution in [1.82, 2.24) is 9.97 Å². The topological polar surface area (TPSA) is 44.2 Å². The Bertz CT molecular complexity index is 545. The molecule has 19 heavy (non-hydrogen) atoms. The van der Waals surface area contributed by atoms with Gasteiger partial charge in [0.15, 0.2) is 0 Å². The quantitative estimate of drug-likeness (QED) is 0.849. The smallest absolute Gasteiger partial charge is 0.223 e. The lowest BCUT2D eigenvalue weighted by atomic mass is 10.1. The van der Waals surface area contributed by atoms with Crippen LogP contribution in [0, 0.1) is 12.7 Å². The molecule has 5 heteroatoms. The zero-order valence-electron chi connectivity index (χ0n) is 11.1. The number of nitrogens with zero attached hydrogens (tertiary/aromatic N) is 2. The van der Waals surface area contributed by atoms with Gasteiger partial charge in [0.25, 0.3) is 0 Å². The minimum Gasteiger partial charge on any atom is -0.481 e. The fourth-order valence-corrected chi connectivity index (χ4v) is 1.78. The van der Waals surface area contributed by atoms with Gasteiger partial charge in [-0.2, -0.15) is 9.97 Å². The molecule has 1 aromatic carbocycles. The van der Waals surface area contributed by atoms with Crippen LogP contribution >= 0.6 is 0 Å². The Balaban J connectivity index is 2.32. The van der Waals surface area contributed by atoms with Gasteiger partial charge in [0.05, 0.1) is 19.8 Å². The van der Waals surface area contributed by atoms with Crippen LogP contribution in [0.15, 0.2) is 24.3 Å². The van der Waals surface area contributed by atoms with E-state index in [1.54, 1.807) is 26.4 Å². The summed E-state index contributed by atoms with van der Waals surface area (Å²) in [6.45, 7) is 1.83. The highest BCUT2D eigenvalue weighted by Crippen LogP contribution is 2.24. The summed E-state index contributed by atoms with van der Waals surface area (Å²) in [6.07, 6.45) is 0.493. The average Bonchev–Trinajstić information content (AvgIpc) is 2.43. The molecule has 100 valence electrons. The van der Waals surface area contributed by atoms with Crippen LogP contribution in [0.5, 0.6) is 11.8 Å². The van der Waals surface area contributed by atoms with Crippen LogP contribution in [-0.2, 0) is 6.42 Å². The molecule has 2 rings (SSSR count). The molecular weight excluding hydrogens is 247 g/mol. The molecule has 0 unspecified atom stereocenters. The van der Waals surface area contributed by atoms with Gasteiger partial charge in [0.1, 0.15) is 11.6 Å². The van der Waals surface area contributed by atoms with Gasteiger partial charge in [-0.05, 0) is 24.6 Å². The second kappa shape index (κ2) is 5.65. The first-order valence-corrected chi connectivity index (χ1v) is 5.84. The van der Waals surface area contributed by atoms with E-state index in [4.69, 9.17) is 9.47 Å². The first kappa shape index (κ1) is 13.3. The van der Waals surface area contributed by atoms with Crippen molar-refractivity contribution >= 4 is 0 Å². The summed E-state index contributed by atoms with van der Waals surface area (Å²) in [5.41, 5.74) is 1.68. The van der Waals surface area contributed by atoms with E-state index in [9.17, 15) is 4.39 Å². The number of benzene rings is 1. The number of halogens is 1. The maximum Gasteiger partial charge on any atom is 0.223 e. The fraction of sp³-hybridized carbons (Fsp3) is 0.286. The highest BCUT2D eigenvalue weighted by Gasteiger charge is 2.12. The van der Waals surface area contributed by atoms with E-state index >= 15 is 0 Å². The van der Waals surface area contributed by atoms with Crippen molar-refractivity contribution in [3.63, 3.8) is 0 Å². The first-order chi connectivity index (χ1) is 9.13. The van der Waals surface area contributed by atoms with E-state index in [2.05, 4.69) is 9.97 Å². The van der Waals surface area contributed by atoms with E-state index in [0.717, 1.165) is 11.1 Å². The van der Waals surface area contributed by atoms with Gasteiger partial charge < -0.3 is 9.47 Å². The third-order valence-electron chi connectivity index (χ3n) is 2.76. The maximum atomic E-state index is 12.8. The molecule has 0 aliphatic carbocycles. The molecule has 0 atom stereocenters. The highest BCUT2D eigenvalue weighted by atomic mass is 19.1. The minimum absolute atomic E-state index is 0.260. The predicted octanol–water partition coefficient (Wildman–Crippen LogP) is 2.53. The third-order valence-corrected chi connectivity index (χ3v) is 2.76. The number of aromatic nitrogens is 2. The van der Waals surface area contributed by atoms with Gasteiger partial charge in [-0.1, -0.05) is 12.1 Å². The van der Waals surface area contributed by atoms with Crippen molar-refractivity contribution in [2.75, 3.05) is 14.2 Å². The minimum atomic E-state index is -0.260. The van der Waals surface area contributed by atoms with Crippen LogP contribution in [0.4, 0.5) is 4.39 Å². The van der Waals surface area contributed by atoms with Crippen LogP contribution < -0.4 is 9.47 Å². The number of hydrogen-bond acceptors (Lipinski definition) is 4. The van der Waals surface area contributed by atoms with Crippen LogP contribution in [0.3, 0.4) is 0 Å².